The van der Waals surface area contributed by atoms with Gasteiger partial charge in [-0.2, -0.15) is 5.10 Å². The van der Waals surface area contributed by atoms with Crippen molar-refractivity contribution in [2.24, 2.45) is 7.05 Å². The van der Waals surface area contributed by atoms with Gasteiger partial charge in [0.05, 0.1) is 22.3 Å². The normalized spacial score (nSPS) is 10.8. The molecule has 2 heterocycles. The lowest BCUT2D eigenvalue weighted by molar-refractivity contribution is -0.119. The molecule has 2 aromatic heterocycles. The minimum atomic E-state index is -0.595. The van der Waals surface area contributed by atoms with Crippen LogP contribution in [0.25, 0.3) is 22.3 Å². The number of rotatable bonds is 6. The molecule has 0 bridgehead atoms. The number of fused-ring (bicyclic) bond motifs is 1. The van der Waals surface area contributed by atoms with Crippen LogP contribution in [-0.2, 0) is 23.0 Å². The Morgan fingerprint density at radius 2 is 1.78 bits per heavy atom. The topological polar surface area (TPSA) is 86.1 Å². The zero-order chi connectivity index (χ0) is 22.7. The number of anilines is 1. The van der Waals surface area contributed by atoms with E-state index in [-0.39, 0.29) is 0 Å². The van der Waals surface area contributed by atoms with E-state index in [2.05, 4.69) is 22.3 Å². The van der Waals surface area contributed by atoms with Crippen LogP contribution in [0.2, 0.25) is 0 Å². The number of ether oxygens (including phenoxy) is 1. The van der Waals surface area contributed by atoms with E-state index in [1.807, 2.05) is 61.5 Å². The lowest BCUT2D eigenvalue weighted by Crippen LogP contribution is -2.21. The standard InChI is InChI=1S/C25H24N4O3/c1-4-17-10-12-19(13-11-17)26-22(30)15-32-25(31)20-14-21(18-8-6-5-7-9-18)27-24-23(20)16(2)28-29(24)3/h5-14H,4,15H2,1-3H3,(H,26,30). The summed E-state index contributed by atoms with van der Waals surface area (Å²) in [5.74, 6) is -0.999. The van der Waals surface area contributed by atoms with E-state index in [1.54, 1.807) is 17.8 Å². The molecule has 0 radical (unpaired) electrons. The molecule has 4 aromatic rings. The summed E-state index contributed by atoms with van der Waals surface area (Å²) in [6.07, 6.45) is 0.922. The number of carbonyl (C=O) groups is 2. The molecule has 0 atom stereocenters. The summed E-state index contributed by atoms with van der Waals surface area (Å²) in [4.78, 5) is 30.0. The minimum Gasteiger partial charge on any atom is -0.452 e. The summed E-state index contributed by atoms with van der Waals surface area (Å²) in [5.41, 5.74) is 4.92. The van der Waals surface area contributed by atoms with Gasteiger partial charge in [-0.15, -0.1) is 0 Å². The molecule has 162 valence electrons. The molecule has 0 aliphatic rings. The third-order valence-electron chi connectivity index (χ3n) is 5.24. The van der Waals surface area contributed by atoms with E-state index in [0.717, 1.165) is 12.0 Å². The van der Waals surface area contributed by atoms with Gasteiger partial charge < -0.3 is 10.1 Å². The summed E-state index contributed by atoms with van der Waals surface area (Å²) in [6, 6.07) is 18.8. The molecule has 0 aliphatic heterocycles. The monoisotopic (exact) mass is 428 g/mol. The Labute approximate surface area is 186 Å². The van der Waals surface area contributed by atoms with Crippen LogP contribution in [0.1, 0.15) is 28.5 Å². The number of nitrogens with one attached hydrogen (secondary N) is 1. The van der Waals surface area contributed by atoms with Crippen molar-refractivity contribution >= 4 is 28.6 Å². The van der Waals surface area contributed by atoms with Crippen molar-refractivity contribution in [1.82, 2.24) is 14.8 Å². The van der Waals surface area contributed by atoms with Gasteiger partial charge in [-0.25, -0.2) is 9.78 Å². The lowest BCUT2D eigenvalue weighted by atomic mass is 10.1. The van der Waals surface area contributed by atoms with Gasteiger partial charge in [0, 0.05) is 18.3 Å². The maximum Gasteiger partial charge on any atom is 0.339 e. The highest BCUT2D eigenvalue weighted by Crippen LogP contribution is 2.27. The number of aryl methyl sites for hydroxylation is 3. The first kappa shape index (κ1) is 21.2. The number of carbonyl (C=O) groups excluding carboxylic acids is 2. The zero-order valence-corrected chi connectivity index (χ0v) is 18.3. The van der Waals surface area contributed by atoms with Crippen molar-refractivity contribution in [2.75, 3.05) is 11.9 Å². The smallest absolute Gasteiger partial charge is 0.339 e. The largest absolute Gasteiger partial charge is 0.452 e. The summed E-state index contributed by atoms with van der Waals surface area (Å²) >= 11 is 0. The average Bonchev–Trinajstić information content (AvgIpc) is 3.11. The second-order valence-corrected chi connectivity index (χ2v) is 7.50. The first-order chi connectivity index (χ1) is 15.5. The number of amides is 1. The maximum absolute atomic E-state index is 13.0. The predicted octanol–water partition coefficient (Wildman–Crippen LogP) is 4.30. The Balaban J connectivity index is 1.56. The molecule has 0 aliphatic carbocycles. The van der Waals surface area contributed by atoms with Crippen LogP contribution in [0.3, 0.4) is 0 Å². The van der Waals surface area contributed by atoms with Gasteiger partial charge in [0.25, 0.3) is 5.91 Å². The summed E-state index contributed by atoms with van der Waals surface area (Å²) in [6.45, 7) is 3.49. The van der Waals surface area contributed by atoms with Gasteiger partial charge >= 0.3 is 5.97 Å². The third-order valence-corrected chi connectivity index (χ3v) is 5.24. The number of benzene rings is 2. The fourth-order valence-electron chi connectivity index (χ4n) is 3.59. The van der Waals surface area contributed by atoms with Crippen molar-refractivity contribution in [3.63, 3.8) is 0 Å². The van der Waals surface area contributed by atoms with E-state index in [1.165, 1.54) is 5.56 Å². The van der Waals surface area contributed by atoms with Crippen LogP contribution in [0.15, 0.2) is 60.7 Å². The molecule has 7 nitrogen and oxygen atoms in total. The van der Waals surface area contributed by atoms with Gasteiger partial charge in [0.2, 0.25) is 0 Å². The fourth-order valence-corrected chi connectivity index (χ4v) is 3.59. The number of hydrogen-bond donors (Lipinski definition) is 1. The second kappa shape index (κ2) is 9.01. The highest BCUT2D eigenvalue weighted by Gasteiger charge is 2.21. The molecule has 1 amide bonds. The molecule has 2 aromatic carbocycles. The molecule has 0 saturated carbocycles. The minimum absolute atomic E-state index is 0.333. The molecule has 4 rings (SSSR count). The van der Waals surface area contributed by atoms with Crippen LogP contribution in [0.4, 0.5) is 5.69 Å². The molecule has 0 fully saturated rings. The van der Waals surface area contributed by atoms with Crippen LogP contribution >= 0.6 is 0 Å². The van der Waals surface area contributed by atoms with E-state index in [0.29, 0.717) is 33.7 Å². The van der Waals surface area contributed by atoms with Crippen LogP contribution in [0.5, 0.6) is 0 Å². The molecule has 1 N–H and O–H groups in total. The quantitative estimate of drug-likeness (QED) is 0.463. The first-order valence-corrected chi connectivity index (χ1v) is 10.4. The number of nitrogens with zero attached hydrogens (tertiary/aromatic N) is 3. The molecular weight excluding hydrogens is 404 g/mol. The van der Waals surface area contributed by atoms with Crippen molar-refractivity contribution < 1.29 is 14.3 Å². The Morgan fingerprint density at radius 1 is 1.06 bits per heavy atom. The molecule has 7 heteroatoms. The summed E-state index contributed by atoms with van der Waals surface area (Å²) in [5, 5.41) is 7.76. The van der Waals surface area contributed by atoms with Crippen molar-refractivity contribution in [3.8, 4) is 11.3 Å². The van der Waals surface area contributed by atoms with Crippen LogP contribution in [0, 0.1) is 6.92 Å². The van der Waals surface area contributed by atoms with E-state index < -0.39 is 18.5 Å². The Morgan fingerprint density at radius 3 is 2.47 bits per heavy atom. The van der Waals surface area contributed by atoms with Gasteiger partial charge in [0.15, 0.2) is 12.3 Å². The predicted molar refractivity (Wildman–Crippen MR) is 123 cm³/mol. The number of aromatic nitrogens is 3. The van der Waals surface area contributed by atoms with E-state index >= 15 is 0 Å². The first-order valence-electron chi connectivity index (χ1n) is 10.4. The van der Waals surface area contributed by atoms with Crippen molar-refractivity contribution in [3.05, 3.63) is 77.5 Å². The highest BCUT2D eigenvalue weighted by atomic mass is 16.5. The average molecular weight is 428 g/mol. The Bertz CT molecular complexity index is 1280. The molecular formula is C25H24N4O3. The summed E-state index contributed by atoms with van der Waals surface area (Å²) in [7, 11) is 1.78. The van der Waals surface area contributed by atoms with E-state index in [9.17, 15) is 9.59 Å². The number of hydrogen-bond acceptors (Lipinski definition) is 5. The molecule has 0 unspecified atom stereocenters. The lowest BCUT2D eigenvalue weighted by Gasteiger charge is -2.10. The van der Waals surface area contributed by atoms with Crippen LogP contribution < -0.4 is 5.32 Å². The van der Waals surface area contributed by atoms with Gasteiger partial charge in [-0.3, -0.25) is 9.48 Å². The molecule has 32 heavy (non-hydrogen) atoms. The molecule has 0 saturated heterocycles. The maximum atomic E-state index is 13.0. The van der Waals surface area contributed by atoms with Gasteiger partial charge in [-0.05, 0) is 37.1 Å². The Kier molecular flexibility index (Phi) is 5.98. The third kappa shape index (κ3) is 4.37. The van der Waals surface area contributed by atoms with Gasteiger partial charge in [0.1, 0.15) is 0 Å². The van der Waals surface area contributed by atoms with Crippen LogP contribution in [-0.4, -0.2) is 33.2 Å². The highest BCUT2D eigenvalue weighted by molar-refractivity contribution is 6.05. The molecule has 0 spiro atoms. The van der Waals surface area contributed by atoms with Gasteiger partial charge in [-0.1, -0.05) is 49.4 Å². The Hall–Kier alpha value is -4.00. The van der Waals surface area contributed by atoms with Crippen molar-refractivity contribution in [2.45, 2.75) is 20.3 Å². The fraction of sp³-hybridized carbons (Fsp3) is 0.200. The zero-order valence-electron chi connectivity index (χ0n) is 18.3. The van der Waals surface area contributed by atoms with E-state index in [4.69, 9.17) is 4.74 Å². The summed E-state index contributed by atoms with van der Waals surface area (Å²) < 4.78 is 6.99. The number of pyridine rings is 1. The van der Waals surface area contributed by atoms with Crippen molar-refractivity contribution in [1.29, 1.82) is 0 Å². The SMILES string of the molecule is CCc1ccc(NC(=O)COC(=O)c2cc(-c3ccccc3)nc3c2c(C)nn3C)cc1. The number of esters is 1. The second-order valence-electron chi connectivity index (χ2n) is 7.50.